The topological polar surface area (TPSA) is 109 Å². The van der Waals surface area contributed by atoms with Crippen LogP contribution < -0.4 is 4.72 Å². The van der Waals surface area contributed by atoms with Gasteiger partial charge in [0.25, 0.3) is 10.0 Å². The van der Waals surface area contributed by atoms with Crippen molar-refractivity contribution in [2.45, 2.75) is 4.90 Å². The average Bonchev–Trinajstić information content (AvgIpc) is 2.80. The first kappa shape index (κ1) is 14.1. The molecule has 2 rings (SSSR count). The maximum Gasteiger partial charge on any atom is 0.336 e. The van der Waals surface area contributed by atoms with Crippen LogP contribution in [0.5, 0.6) is 0 Å². The van der Waals surface area contributed by atoms with E-state index >= 15 is 0 Å². The average molecular weight is 411 g/mol. The van der Waals surface area contributed by atoms with E-state index in [4.69, 9.17) is 5.11 Å². The van der Waals surface area contributed by atoms with Gasteiger partial charge < -0.3 is 5.11 Å². The van der Waals surface area contributed by atoms with E-state index in [1.54, 1.807) is 0 Å². The zero-order valence-electron chi connectivity index (χ0n) is 9.07. The molecule has 7 nitrogen and oxygen atoms in total. The number of carboxylic acid groups (broad SMARTS) is 1. The van der Waals surface area contributed by atoms with Crippen LogP contribution in [-0.2, 0) is 10.0 Å². The summed E-state index contributed by atoms with van der Waals surface area (Å²) in [5.41, 5.74) is -0.0640. The number of anilines is 1. The first-order valence-electron chi connectivity index (χ1n) is 4.73. The number of aromatic carboxylic acids is 1. The fourth-order valence-electron chi connectivity index (χ4n) is 1.24. The van der Waals surface area contributed by atoms with Crippen molar-refractivity contribution in [2.24, 2.45) is 0 Å². The highest BCUT2D eigenvalue weighted by atomic mass is 127. The Bertz CT molecular complexity index is 715. The van der Waals surface area contributed by atoms with Crippen LogP contribution in [0.3, 0.4) is 0 Å². The van der Waals surface area contributed by atoms with Gasteiger partial charge in [-0.2, -0.15) is 0 Å². The summed E-state index contributed by atoms with van der Waals surface area (Å²) in [6.45, 7) is 0. The summed E-state index contributed by atoms with van der Waals surface area (Å²) in [6, 6.07) is 3.88. The van der Waals surface area contributed by atoms with Gasteiger partial charge in [0.15, 0.2) is 0 Å². The van der Waals surface area contributed by atoms with Crippen molar-refractivity contribution in [1.29, 1.82) is 0 Å². The van der Waals surface area contributed by atoms with Gasteiger partial charge >= 0.3 is 5.97 Å². The third-order valence-electron chi connectivity index (χ3n) is 2.07. The van der Waals surface area contributed by atoms with Crippen molar-refractivity contribution in [3.05, 3.63) is 33.5 Å². The lowest BCUT2D eigenvalue weighted by atomic mass is 10.2. The zero-order chi connectivity index (χ0) is 14.0. The molecule has 0 radical (unpaired) electrons. The Kier molecular flexibility index (Phi) is 4.01. The fourth-order valence-corrected chi connectivity index (χ4v) is 3.52. The highest BCUT2D eigenvalue weighted by Gasteiger charge is 2.19. The van der Waals surface area contributed by atoms with Gasteiger partial charge in [-0.15, -0.1) is 5.10 Å². The van der Waals surface area contributed by atoms with E-state index in [0.29, 0.717) is 3.57 Å². The molecule has 0 saturated heterocycles. The van der Waals surface area contributed by atoms with E-state index < -0.39 is 16.0 Å². The van der Waals surface area contributed by atoms with Crippen LogP contribution in [0.15, 0.2) is 29.3 Å². The lowest BCUT2D eigenvalue weighted by molar-refractivity contribution is 0.0695. The lowest BCUT2D eigenvalue weighted by Gasteiger charge is -2.07. The molecule has 2 aromatic rings. The molecule has 0 bridgehead atoms. The molecule has 0 spiro atoms. The molecule has 1 aromatic carbocycles. The predicted molar refractivity (Wildman–Crippen MR) is 76.8 cm³/mol. The second-order valence-electron chi connectivity index (χ2n) is 3.33. The molecule has 0 aliphatic heterocycles. The minimum absolute atomic E-state index is 0.0640. The minimum atomic E-state index is -3.84. The molecule has 0 atom stereocenters. The number of nitrogens with zero attached hydrogens (tertiary/aromatic N) is 2. The number of hydrogen-bond donors (Lipinski definition) is 2. The zero-order valence-corrected chi connectivity index (χ0v) is 12.9. The van der Waals surface area contributed by atoms with Crippen LogP contribution in [0.4, 0.5) is 5.00 Å². The van der Waals surface area contributed by atoms with Crippen molar-refractivity contribution in [3.8, 4) is 0 Å². The maximum absolute atomic E-state index is 12.0. The SMILES string of the molecule is O=C(O)c1cc(S(=O)(=O)Nc2cnns2)ccc1I. The molecule has 1 aromatic heterocycles. The van der Waals surface area contributed by atoms with Crippen LogP contribution in [0, 0.1) is 3.57 Å². The molecular formula is C9H6IN3O4S2. The largest absolute Gasteiger partial charge is 0.478 e. The van der Waals surface area contributed by atoms with Crippen molar-refractivity contribution in [1.82, 2.24) is 9.59 Å². The quantitative estimate of drug-likeness (QED) is 0.741. The van der Waals surface area contributed by atoms with Crippen molar-refractivity contribution in [2.75, 3.05) is 4.72 Å². The molecular weight excluding hydrogens is 405 g/mol. The van der Waals surface area contributed by atoms with Crippen LogP contribution in [0.2, 0.25) is 0 Å². The maximum atomic E-state index is 12.0. The highest BCUT2D eigenvalue weighted by molar-refractivity contribution is 14.1. The molecule has 0 fully saturated rings. The van der Waals surface area contributed by atoms with Crippen molar-refractivity contribution >= 4 is 55.1 Å². The molecule has 0 unspecified atom stereocenters. The number of aromatic nitrogens is 2. The van der Waals surface area contributed by atoms with Crippen LogP contribution in [0.25, 0.3) is 0 Å². The van der Waals surface area contributed by atoms with Crippen molar-refractivity contribution in [3.63, 3.8) is 0 Å². The Morgan fingerprint density at radius 3 is 2.74 bits per heavy atom. The number of carboxylic acids is 1. The van der Waals surface area contributed by atoms with Gasteiger partial charge in [-0.25, -0.2) is 13.2 Å². The number of halogens is 1. The van der Waals surface area contributed by atoms with Gasteiger partial charge in [-0.1, -0.05) is 4.49 Å². The van der Waals surface area contributed by atoms with Gasteiger partial charge in [0.1, 0.15) is 5.00 Å². The van der Waals surface area contributed by atoms with Crippen molar-refractivity contribution < 1.29 is 18.3 Å². The second-order valence-corrected chi connectivity index (χ2v) is 6.96. The van der Waals surface area contributed by atoms with Gasteiger partial charge in [-0.05, 0) is 40.8 Å². The first-order chi connectivity index (χ1) is 8.90. The fraction of sp³-hybridized carbons (Fsp3) is 0. The van der Waals surface area contributed by atoms with Gasteiger partial charge in [-0.3, -0.25) is 4.72 Å². The molecule has 0 aliphatic carbocycles. The monoisotopic (exact) mass is 411 g/mol. The molecule has 100 valence electrons. The summed E-state index contributed by atoms with van der Waals surface area (Å²) in [6.07, 6.45) is 1.27. The molecule has 0 amide bonds. The van der Waals surface area contributed by atoms with Crippen LogP contribution in [0.1, 0.15) is 10.4 Å². The van der Waals surface area contributed by atoms with Gasteiger partial charge in [0.2, 0.25) is 0 Å². The predicted octanol–water partition coefficient (Wildman–Crippen LogP) is 1.64. The molecule has 19 heavy (non-hydrogen) atoms. The number of benzene rings is 1. The molecule has 10 heteroatoms. The Labute approximate surface area is 126 Å². The van der Waals surface area contributed by atoms with E-state index in [0.717, 1.165) is 17.6 Å². The summed E-state index contributed by atoms with van der Waals surface area (Å²) in [4.78, 5) is 10.9. The molecule has 0 aliphatic rings. The molecule has 1 heterocycles. The summed E-state index contributed by atoms with van der Waals surface area (Å²) in [7, 11) is -3.84. The Hall–Kier alpha value is -1.27. The normalized spacial score (nSPS) is 11.2. The third kappa shape index (κ3) is 3.19. The van der Waals surface area contributed by atoms with Crippen LogP contribution in [-0.4, -0.2) is 29.1 Å². The van der Waals surface area contributed by atoms with E-state index in [-0.39, 0.29) is 15.5 Å². The molecule has 2 N–H and O–H groups in total. The number of carbonyl (C=O) groups is 1. The summed E-state index contributed by atoms with van der Waals surface area (Å²) >= 11 is 2.72. The van der Waals surface area contributed by atoms with E-state index in [2.05, 4.69) is 14.3 Å². The van der Waals surface area contributed by atoms with E-state index in [1.807, 2.05) is 22.6 Å². The second kappa shape index (κ2) is 5.38. The van der Waals surface area contributed by atoms with Gasteiger partial charge in [0.05, 0.1) is 16.7 Å². The van der Waals surface area contributed by atoms with E-state index in [1.165, 1.54) is 18.3 Å². The Morgan fingerprint density at radius 2 is 2.16 bits per heavy atom. The summed E-state index contributed by atoms with van der Waals surface area (Å²) in [5, 5.41) is 12.7. The standard InChI is InChI=1S/C9H6IN3O4S2/c10-7-2-1-5(3-6(7)9(14)15)19(16,17)12-8-4-11-13-18-8/h1-4,12H,(H,14,15). The molecule has 0 saturated carbocycles. The highest BCUT2D eigenvalue weighted by Crippen LogP contribution is 2.21. The van der Waals surface area contributed by atoms with E-state index in [9.17, 15) is 13.2 Å². The summed E-state index contributed by atoms with van der Waals surface area (Å²) in [5.74, 6) is -1.18. The number of nitrogens with one attached hydrogen (secondary N) is 1. The number of rotatable bonds is 4. The number of hydrogen-bond acceptors (Lipinski definition) is 6. The third-order valence-corrected chi connectivity index (χ3v) is 5.09. The summed E-state index contributed by atoms with van der Waals surface area (Å²) < 4.78 is 30.3. The minimum Gasteiger partial charge on any atom is -0.478 e. The van der Waals surface area contributed by atoms with Crippen LogP contribution >= 0.6 is 34.1 Å². The smallest absolute Gasteiger partial charge is 0.336 e. The Morgan fingerprint density at radius 1 is 1.42 bits per heavy atom. The number of sulfonamides is 1. The Balaban J connectivity index is 2.41. The lowest BCUT2D eigenvalue weighted by Crippen LogP contribution is -2.13. The first-order valence-corrected chi connectivity index (χ1v) is 8.07. The van der Waals surface area contributed by atoms with Gasteiger partial charge in [0, 0.05) is 15.1 Å².